The van der Waals surface area contributed by atoms with Crippen molar-refractivity contribution >= 4 is 30.3 Å². The summed E-state index contributed by atoms with van der Waals surface area (Å²) in [5.41, 5.74) is 4.20. The first kappa shape index (κ1) is 32.1. The number of nitrogens with one attached hydrogen (secondary N) is 1. The lowest BCUT2D eigenvalue weighted by molar-refractivity contribution is -0.193. The van der Waals surface area contributed by atoms with Crippen LogP contribution >= 0.6 is 0 Å². The molecule has 0 aliphatic rings. The van der Waals surface area contributed by atoms with E-state index < -0.39 is 32.2 Å². The van der Waals surface area contributed by atoms with Crippen molar-refractivity contribution in [3.8, 4) is 22.5 Å². The first-order chi connectivity index (χ1) is 22.3. The van der Waals surface area contributed by atoms with Crippen molar-refractivity contribution in [2.75, 3.05) is 11.9 Å². The molecule has 3 aromatic heterocycles. The fraction of sp³-hybridized carbons (Fsp3) is 0.257. The Morgan fingerprint density at radius 3 is 1.98 bits per heavy atom. The summed E-state index contributed by atoms with van der Waals surface area (Å²) in [6.07, 6.45) is -1.64. The van der Waals surface area contributed by atoms with Gasteiger partial charge in [0.1, 0.15) is 5.69 Å². The normalized spacial score (nSPS) is 13.2. The minimum Gasteiger partial charge on any atom is -0.394 e. The molecule has 0 aliphatic carbocycles. The molecule has 0 bridgehead atoms. The predicted octanol–water partition coefficient (Wildman–Crippen LogP) is 6.42. The van der Waals surface area contributed by atoms with Gasteiger partial charge in [0.15, 0.2) is 11.8 Å². The van der Waals surface area contributed by atoms with Crippen LogP contribution in [0.5, 0.6) is 0 Å². The summed E-state index contributed by atoms with van der Waals surface area (Å²) in [6, 6.07) is 26.5. The number of alkyl halides is 3. The molecule has 1 N–H and O–H groups in total. The second-order valence-electron chi connectivity index (χ2n) is 12.6. The van der Waals surface area contributed by atoms with Crippen LogP contribution < -0.4 is 15.7 Å². The molecule has 6 aromatic rings. The Labute approximate surface area is 272 Å². The van der Waals surface area contributed by atoms with Crippen molar-refractivity contribution in [2.24, 2.45) is 7.05 Å². The summed E-state index contributed by atoms with van der Waals surface area (Å²) in [5.74, 6) is 0.0262. The average Bonchev–Trinajstić information content (AvgIpc) is 3.66. The zero-order valence-corrected chi connectivity index (χ0v) is 27.8. The van der Waals surface area contributed by atoms with Crippen molar-refractivity contribution in [3.05, 3.63) is 109 Å². The van der Waals surface area contributed by atoms with E-state index in [1.165, 1.54) is 0 Å². The van der Waals surface area contributed by atoms with E-state index in [9.17, 15) is 13.2 Å². The van der Waals surface area contributed by atoms with Gasteiger partial charge in [-0.05, 0) is 22.3 Å². The van der Waals surface area contributed by atoms with Crippen molar-refractivity contribution in [2.45, 2.75) is 45.0 Å². The quantitative estimate of drug-likeness (QED) is 0.181. The molecule has 0 aliphatic heterocycles. The molecule has 3 heterocycles. The molecule has 242 valence electrons. The van der Waals surface area contributed by atoms with Crippen LogP contribution in [0.15, 0.2) is 104 Å². The Balaban J connectivity index is 1.39. The lowest BCUT2D eigenvalue weighted by atomic mass is 10.1. The van der Waals surface area contributed by atoms with E-state index in [0.29, 0.717) is 22.6 Å². The summed E-state index contributed by atoms with van der Waals surface area (Å²) in [6.45, 7) is 7.25. The van der Waals surface area contributed by atoms with Crippen molar-refractivity contribution in [1.82, 2.24) is 29.4 Å². The summed E-state index contributed by atoms with van der Waals surface area (Å²) in [4.78, 5) is 9.46. The van der Waals surface area contributed by atoms with Gasteiger partial charge in [-0.25, -0.2) is 9.50 Å². The summed E-state index contributed by atoms with van der Waals surface area (Å²) < 4.78 is 54.5. The Kier molecular flexibility index (Phi) is 8.49. The Morgan fingerprint density at radius 2 is 1.45 bits per heavy atom. The molecule has 0 saturated heterocycles. The third kappa shape index (κ3) is 6.43. The van der Waals surface area contributed by atoms with E-state index >= 15 is 0 Å². The Hall–Kier alpha value is -4.81. The molecular formula is C35H36F3N7OSi. The first-order valence-corrected chi connectivity index (χ1v) is 17.2. The highest BCUT2D eigenvalue weighted by Gasteiger charge is 2.55. The molecule has 12 heteroatoms. The number of hydrogen-bond acceptors (Lipinski definition) is 6. The van der Waals surface area contributed by atoms with E-state index in [0.717, 1.165) is 21.5 Å². The maximum Gasteiger partial charge on any atom is 0.415 e. The topological polar surface area (TPSA) is 82.2 Å². The van der Waals surface area contributed by atoms with Gasteiger partial charge in [0, 0.05) is 24.4 Å². The highest BCUT2D eigenvalue weighted by atomic mass is 28.4. The van der Waals surface area contributed by atoms with Gasteiger partial charge in [0.2, 0.25) is 5.95 Å². The third-order valence-electron chi connectivity index (χ3n) is 8.19. The minimum absolute atomic E-state index is 0.0262. The Morgan fingerprint density at radius 1 is 0.830 bits per heavy atom. The van der Waals surface area contributed by atoms with E-state index in [2.05, 4.69) is 20.5 Å². The molecule has 47 heavy (non-hydrogen) atoms. The van der Waals surface area contributed by atoms with Gasteiger partial charge in [-0.15, -0.1) is 5.10 Å². The number of nitrogens with zero attached hydrogens (tertiary/aromatic N) is 6. The van der Waals surface area contributed by atoms with Gasteiger partial charge in [-0.1, -0.05) is 111 Å². The second-order valence-corrected chi connectivity index (χ2v) is 16.9. The maximum absolute atomic E-state index is 14.9. The SMILES string of the molecule is Cc1ccc(-c2cn3nc(NCC(O[Si](c4ccccc4)(c4ccccc4)C(C)(C)C)C(F)(F)F)nc3c(-c3cnn(C)c3)n2)cc1. The summed E-state index contributed by atoms with van der Waals surface area (Å²) in [7, 11) is -1.72. The molecule has 0 spiro atoms. The zero-order valence-electron chi connectivity index (χ0n) is 26.8. The number of anilines is 1. The molecule has 0 fully saturated rings. The number of rotatable bonds is 9. The van der Waals surface area contributed by atoms with Crippen LogP contribution in [0, 0.1) is 6.92 Å². The monoisotopic (exact) mass is 655 g/mol. The molecule has 0 radical (unpaired) electrons. The number of benzene rings is 3. The minimum atomic E-state index is -4.68. The second kappa shape index (κ2) is 12.4. The largest absolute Gasteiger partial charge is 0.415 e. The molecule has 3 aromatic carbocycles. The smallest absolute Gasteiger partial charge is 0.394 e. The molecule has 0 amide bonds. The number of aromatic nitrogens is 6. The van der Waals surface area contributed by atoms with Crippen molar-refractivity contribution < 1.29 is 17.6 Å². The van der Waals surface area contributed by atoms with Crippen LogP contribution in [-0.4, -0.2) is 56.5 Å². The van der Waals surface area contributed by atoms with Crippen LogP contribution in [0.25, 0.3) is 28.2 Å². The van der Waals surface area contributed by atoms with Gasteiger partial charge >= 0.3 is 6.18 Å². The molecule has 6 rings (SSSR count). The third-order valence-corrected chi connectivity index (χ3v) is 13.2. The van der Waals surface area contributed by atoms with E-state index in [4.69, 9.17) is 9.41 Å². The standard InChI is InChI=1S/C35H36F3N7OSi/c1-24-16-18-25(19-17-24)29-23-45-32(31(41-29)26-20-40-44(5)22-26)42-33(43-45)39-21-30(35(36,37)38)46-47(34(2,3)4,27-12-8-6-9-13-27)28-14-10-7-11-15-28/h6-20,22-23,30H,21H2,1-5H3,(H,39,43). The Bertz CT molecular complexity index is 1930. The van der Waals surface area contributed by atoms with Crippen LogP contribution in [0.4, 0.5) is 19.1 Å². The number of aryl methyl sites for hydroxylation is 2. The van der Waals surface area contributed by atoms with E-state index in [1.807, 2.05) is 113 Å². The summed E-state index contributed by atoms with van der Waals surface area (Å²) in [5, 5.41) is 12.5. The van der Waals surface area contributed by atoms with Gasteiger partial charge in [-0.3, -0.25) is 4.68 Å². The first-order valence-electron chi connectivity index (χ1n) is 15.3. The van der Waals surface area contributed by atoms with E-state index in [-0.39, 0.29) is 5.95 Å². The fourth-order valence-corrected chi connectivity index (χ4v) is 10.5. The molecular weight excluding hydrogens is 620 g/mol. The van der Waals surface area contributed by atoms with E-state index in [1.54, 1.807) is 34.8 Å². The molecule has 1 unspecified atom stereocenters. The summed E-state index contributed by atoms with van der Waals surface area (Å²) >= 11 is 0. The van der Waals surface area contributed by atoms with Crippen LogP contribution in [-0.2, 0) is 11.5 Å². The lowest BCUT2D eigenvalue weighted by Crippen LogP contribution is -2.69. The zero-order chi connectivity index (χ0) is 33.4. The highest BCUT2D eigenvalue weighted by Crippen LogP contribution is 2.40. The van der Waals surface area contributed by atoms with Gasteiger partial charge in [0.25, 0.3) is 8.32 Å². The van der Waals surface area contributed by atoms with Gasteiger partial charge < -0.3 is 9.74 Å². The fourth-order valence-electron chi connectivity index (χ4n) is 5.88. The highest BCUT2D eigenvalue weighted by molar-refractivity contribution is 6.99. The molecule has 8 nitrogen and oxygen atoms in total. The van der Waals surface area contributed by atoms with Crippen molar-refractivity contribution in [1.29, 1.82) is 0 Å². The van der Waals surface area contributed by atoms with Crippen molar-refractivity contribution in [3.63, 3.8) is 0 Å². The molecule has 1 atom stereocenters. The number of fused-ring (bicyclic) bond motifs is 1. The number of halogens is 3. The molecule has 0 saturated carbocycles. The average molecular weight is 656 g/mol. The maximum atomic E-state index is 14.9. The van der Waals surface area contributed by atoms with Gasteiger partial charge in [0.05, 0.1) is 24.6 Å². The van der Waals surface area contributed by atoms with Crippen LogP contribution in [0.3, 0.4) is 0 Å². The van der Waals surface area contributed by atoms with Crippen LogP contribution in [0.2, 0.25) is 5.04 Å². The number of hydrogen-bond donors (Lipinski definition) is 1. The van der Waals surface area contributed by atoms with Gasteiger partial charge in [-0.2, -0.15) is 23.3 Å². The predicted molar refractivity (Wildman–Crippen MR) is 180 cm³/mol. The lowest BCUT2D eigenvalue weighted by Gasteiger charge is -2.45. The van der Waals surface area contributed by atoms with Crippen LogP contribution in [0.1, 0.15) is 26.3 Å².